The summed E-state index contributed by atoms with van der Waals surface area (Å²) in [6.07, 6.45) is 0.854. The van der Waals surface area contributed by atoms with E-state index in [0.29, 0.717) is 18.0 Å². The first-order valence-corrected chi connectivity index (χ1v) is 8.44. The van der Waals surface area contributed by atoms with Crippen molar-refractivity contribution in [1.29, 1.82) is 0 Å². The number of hydrazine groups is 1. The summed E-state index contributed by atoms with van der Waals surface area (Å²) in [5.41, 5.74) is 3.51. The smallest absolute Gasteiger partial charge is 0.226 e. The molecule has 2 aromatic carbocycles. The van der Waals surface area contributed by atoms with Gasteiger partial charge in [-0.2, -0.15) is 0 Å². The van der Waals surface area contributed by atoms with Gasteiger partial charge in [0, 0.05) is 13.1 Å². The molecule has 110 valence electrons. The van der Waals surface area contributed by atoms with Crippen molar-refractivity contribution in [2.45, 2.75) is 24.8 Å². The molecular weight excluding hydrogens is 284 g/mol. The zero-order chi connectivity index (χ0) is 14.9. The average Bonchev–Trinajstić information content (AvgIpc) is 2.47. The van der Waals surface area contributed by atoms with Crippen molar-refractivity contribution in [2.24, 2.45) is 0 Å². The molecule has 0 unspecified atom stereocenters. The van der Waals surface area contributed by atoms with E-state index in [9.17, 15) is 8.42 Å². The first kappa shape index (κ1) is 14.3. The third kappa shape index (κ3) is 3.15. The van der Waals surface area contributed by atoms with E-state index < -0.39 is 10.0 Å². The Morgan fingerprint density at radius 2 is 1.67 bits per heavy atom. The highest BCUT2D eigenvalue weighted by atomic mass is 32.2. The van der Waals surface area contributed by atoms with E-state index in [1.807, 2.05) is 25.1 Å². The number of rotatable bonds is 3. The maximum atomic E-state index is 12.4. The normalized spacial score (nSPS) is 15.7. The minimum atomic E-state index is -3.50. The fourth-order valence-corrected chi connectivity index (χ4v) is 3.61. The third-order valence-corrected chi connectivity index (χ3v) is 5.10. The van der Waals surface area contributed by atoms with Gasteiger partial charge in [0.05, 0.1) is 4.90 Å². The summed E-state index contributed by atoms with van der Waals surface area (Å²) in [5.74, 6) is 0. The molecule has 0 saturated carbocycles. The summed E-state index contributed by atoms with van der Waals surface area (Å²) < 4.78 is 24.7. The highest BCUT2D eigenvalue weighted by molar-refractivity contribution is 7.89. The molecule has 0 aliphatic carbocycles. The SMILES string of the molecule is Cc1ccc(S(=O)(=O)NN2CCc3ccccc3C2)cc1. The van der Waals surface area contributed by atoms with Crippen molar-refractivity contribution >= 4 is 10.0 Å². The van der Waals surface area contributed by atoms with E-state index in [0.717, 1.165) is 12.0 Å². The molecule has 5 heteroatoms. The molecule has 21 heavy (non-hydrogen) atoms. The summed E-state index contributed by atoms with van der Waals surface area (Å²) in [4.78, 5) is 2.98. The van der Waals surface area contributed by atoms with E-state index >= 15 is 0 Å². The Morgan fingerprint density at radius 1 is 1.00 bits per heavy atom. The third-order valence-electron chi connectivity index (χ3n) is 3.71. The molecular formula is C16H18N2O2S. The van der Waals surface area contributed by atoms with Gasteiger partial charge in [-0.3, -0.25) is 0 Å². The first-order valence-electron chi connectivity index (χ1n) is 6.95. The van der Waals surface area contributed by atoms with E-state index in [-0.39, 0.29) is 0 Å². The lowest BCUT2D eigenvalue weighted by atomic mass is 10.0. The second kappa shape index (κ2) is 5.60. The average molecular weight is 302 g/mol. The zero-order valence-corrected chi connectivity index (χ0v) is 12.7. The van der Waals surface area contributed by atoms with Crippen molar-refractivity contribution in [3.05, 3.63) is 65.2 Å². The minimum absolute atomic E-state index is 0.298. The number of hydrogen-bond donors (Lipinski definition) is 1. The lowest BCUT2D eigenvalue weighted by Gasteiger charge is -2.28. The highest BCUT2D eigenvalue weighted by Crippen LogP contribution is 2.18. The van der Waals surface area contributed by atoms with Crippen molar-refractivity contribution in [1.82, 2.24) is 9.84 Å². The van der Waals surface area contributed by atoms with Crippen LogP contribution < -0.4 is 4.83 Å². The van der Waals surface area contributed by atoms with Gasteiger partial charge < -0.3 is 0 Å². The van der Waals surface area contributed by atoms with Crippen LogP contribution in [0.15, 0.2) is 53.4 Å². The fraction of sp³-hybridized carbons (Fsp3) is 0.250. The van der Waals surface area contributed by atoms with Gasteiger partial charge in [0.15, 0.2) is 0 Å². The Bertz CT molecular complexity index is 739. The fourth-order valence-electron chi connectivity index (χ4n) is 2.51. The molecule has 0 saturated heterocycles. The Balaban J connectivity index is 1.77. The molecule has 2 aromatic rings. The summed E-state index contributed by atoms with van der Waals surface area (Å²) in [5, 5.41) is 1.76. The number of fused-ring (bicyclic) bond motifs is 1. The van der Waals surface area contributed by atoms with Crippen LogP contribution in [0.1, 0.15) is 16.7 Å². The molecule has 0 bridgehead atoms. The maximum absolute atomic E-state index is 12.4. The topological polar surface area (TPSA) is 49.4 Å². The van der Waals surface area contributed by atoms with Crippen LogP contribution in [0, 0.1) is 6.92 Å². The molecule has 3 rings (SSSR count). The van der Waals surface area contributed by atoms with Crippen LogP contribution in [0.3, 0.4) is 0 Å². The van der Waals surface area contributed by atoms with Gasteiger partial charge in [0.1, 0.15) is 0 Å². The molecule has 0 atom stereocenters. The van der Waals surface area contributed by atoms with Crippen molar-refractivity contribution < 1.29 is 8.42 Å². The predicted octanol–water partition coefficient (Wildman–Crippen LogP) is 2.25. The van der Waals surface area contributed by atoms with Crippen LogP contribution in [0.5, 0.6) is 0 Å². The molecule has 0 spiro atoms. The van der Waals surface area contributed by atoms with Gasteiger partial charge in [-0.25, -0.2) is 13.4 Å². The molecule has 0 amide bonds. The van der Waals surface area contributed by atoms with Crippen LogP contribution in [-0.2, 0) is 23.0 Å². The van der Waals surface area contributed by atoms with Gasteiger partial charge >= 0.3 is 0 Å². The van der Waals surface area contributed by atoms with Gasteiger partial charge in [0.2, 0.25) is 0 Å². The standard InChI is InChI=1S/C16H18N2O2S/c1-13-6-8-16(9-7-13)21(19,20)17-18-11-10-14-4-2-3-5-15(14)12-18/h2-9,17H,10-12H2,1H3. The molecule has 4 nitrogen and oxygen atoms in total. The Hall–Kier alpha value is -1.69. The van der Waals surface area contributed by atoms with Crippen LogP contribution in [0.25, 0.3) is 0 Å². The Labute approximate surface area is 125 Å². The van der Waals surface area contributed by atoms with Gasteiger partial charge in [-0.15, -0.1) is 4.83 Å². The number of nitrogens with one attached hydrogen (secondary N) is 1. The Kier molecular flexibility index (Phi) is 3.80. The number of hydrogen-bond acceptors (Lipinski definition) is 3. The maximum Gasteiger partial charge on any atom is 0.253 e. The molecule has 0 radical (unpaired) electrons. The zero-order valence-electron chi connectivity index (χ0n) is 11.9. The predicted molar refractivity (Wildman–Crippen MR) is 82.1 cm³/mol. The van der Waals surface area contributed by atoms with Crippen molar-refractivity contribution in [3.63, 3.8) is 0 Å². The summed E-state index contributed by atoms with van der Waals surface area (Å²) in [7, 11) is -3.50. The molecule has 1 aliphatic rings. The highest BCUT2D eigenvalue weighted by Gasteiger charge is 2.21. The lowest BCUT2D eigenvalue weighted by Crippen LogP contribution is -2.44. The monoisotopic (exact) mass is 302 g/mol. The molecule has 1 N–H and O–H groups in total. The lowest BCUT2D eigenvalue weighted by molar-refractivity contribution is 0.221. The number of aryl methyl sites for hydroxylation is 1. The molecule has 0 fully saturated rings. The largest absolute Gasteiger partial charge is 0.253 e. The van der Waals surface area contributed by atoms with E-state index in [1.54, 1.807) is 29.3 Å². The molecule has 0 aromatic heterocycles. The van der Waals surface area contributed by atoms with Crippen LogP contribution >= 0.6 is 0 Å². The number of nitrogens with zero attached hydrogens (tertiary/aromatic N) is 1. The van der Waals surface area contributed by atoms with Crippen LogP contribution in [0.4, 0.5) is 0 Å². The quantitative estimate of drug-likeness (QED) is 0.946. The van der Waals surface area contributed by atoms with Crippen molar-refractivity contribution in [2.75, 3.05) is 6.54 Å². The second-order valence-corrected chi connectivity index (χ2v) is 7.01. The molecule has 1 aliphatic heterocycles. The summed E-state index contributed by atoms with van der Waals surface area (Å²) >= 11 is 0. The first-order chi connectivity index (χ1) is 10.0. The summed E-state index contributed by atoms with van der Waals surface area (Å²) in [6.45, 7) is 3.22. The van der Waals surface area contributed by atoms with E-state index in [4.69, 9.17) is 0 Å². The van der Waals surface area contributed by atoms with Gasteiger partial charge in [-0.1, -0.05) is 42.0 Å². The van der Waals surface area contributed by atoms with Crippen LogP contribution in [-0.4, -0.2) is 20.0 Å². The number of benzene rings is 2. The minimum Gasteiger partial charge on any atom is -0.226 e. The van der Waals surface area contributed by atoms with E-state index in [2.05, 4.69) is 10.9 Å². The molecule has 1 heterocycles. The second-order valence-electron chi connectivity index (χ2n) is 5.35. The number of sulfonamides is 1. The summed E-state index contributed by atoms with van der Waals surface area (Å²) in [6, 6.07) is 15.0. The van der Waals surface area contributed by atoms with Crippen LogP contribution in [0.2, 0.25) is 0 Å². The Morgan fingerprint density at radius 3 is 2.38 bits per heavy atom. The van der Waals surface area contributed by atoms with Gasteiger partial charge in [0.25, 0.3) is 10.0 Å². The van der Waals surface area contributed by atoms with Crippen molar-refractivity contribution in [3.8, 4) is 0 Å². The van der Waals surface area contributed by atoms with Gasteiger partial charge in [-0.05, 0) is 36.6 Å². The van der Waals surface area contributed by atoms with E-state index in [1.165, 1.54) is 11.1 Å².